The molecule has 0 aromatic heterocycles. The van der Waals surface area contributed by atoms with Crippen molar-refractivity contribution in [1.82, 2.24) is 5.32 Å². The second-order valence-electron chi connectivity index (χ2n) is 5.19. The Balaban J connectivity index is 2.15. The molecular formula is C14H21FN2O2. The smallest absolute Gasteiger partial charge is 0.407 e. The number of ether oxygens (including phenoxy) is 1. The maximum Gasteiger partial charge on any atom is 0.407 e. The van der Waals surface area contributed by atoms with E-state index >= 15 is 0 Å². The number of benzene rings is 1. The SMILES string of the molecule is CC(C)(C)OC(=O)NCCCNc1ccccc1F. The lowest BCUT2D eigenvalue weighted by molar-refractivity contribution is 0.0528. The summed E-state index contributed by atoms with van der Waals surface area (Å²) in [4.78, 5) is 11.3. The predicted molar refractivity (Wildman–Crippen MR) is 73.7 cm³/mol. The molecule has 4 nitrogen and oxygen atoms in total. The van der Waals surface area contributed by atoms with Gasteiger partial charge in [0.25, 0.3) is 0 Å². The van der Waals surface area contributed by atoms with Gasteiger partial charge in [-0.2, -0.15) is 0 Å². The number of carbonyl (C=O) groups is 1. The molecule has 19 heavy (non-hydrogen) atoms. The highest BCUT2D eigenvalue weighted by Crippen LogP contribution is 2.11. The number of rotatable bonds is 5. The molecule has 1 rings (SSSR count). The van der Waals surface area contributed by atoms with Crippen LogP contribution in [0.4, 0.5) is 14.9 Å². The van der Waals surface area contributed by atoms with Crippen LogP contribution in [-0.4, -0.2) is 24.8 Å². The minimum atomic E-state index is -0.491. The third-order valence-electron chi connectivity index (χ3n) is 2.21. The van der Waals surface area contributed by atoms with Crippen molar-refractivity contribution in [3.63, 3.8) is 0 Å². The molecule has 5 heteroatoms. The summed E-state index contributed by atoms with van der Waals surface area (Å²) in [5.41, 5.74) is -0.0186. The van der Waals surface area contributed by atoms with Gasteiger partial charge in [0.1, 0.15) is 11.4 Å². The second-order valence-corrected chi connectivity index (χ2v) is 5.19. The van der Waals surface area contributed by atoms with Crippen molar-refractivity contribution in [2.45, 2.75) is 32.8 Å². The highest BCUT2D eigenvalue weighted by molar-refractivity contribution is 5.67. The molecule has 0 aliphatic rings. The van der Waals surface area contributed by atoms with Crippen molar-refractivity contribution in [3.8, 4) is 0 Å². The number of halogens is 1. The van der Waals surface area contributed by atoms with E-state index in [-0.39, 0.29) is 5.82 Å². The maximum absolute atomic E-state index is 13.3. The standard InChI is InChI=1S/C14H21FN2O2/c1-14(2,3)19-13(18)17-10-6-9-16-12-8-5-4-7-11(12)15/h4-5,7-8,16H,6,9-10H2,1-3H3,(H,17,18). The van der Waals surface area contributed by atoms with Crippen LogP contribution in [0.2, 0.25) is 0 Å². The van der Waals surface area contributed by atoms with Gasteiger partial charge in [-0.25, -0.2) is 9.18 Å². The molecule has 0 spiro atoms. The summed E-state index contributed by atoms with van der Waals surface area (Å²) >= 11 is 0. The highest BCUT2D eigenvalue weighted by atomic mass is 19.1. The molecule has 0 aliphatic heterocycles. The van der Waals surface area contributed by atoms with Crippen molar-refractivity contribution >= 4 is 11.8 Å². The number of amides is 1. The Bertz CT molecular complexity index is 416. The second kappa shape index (κ2) is 6.97. The first-order valence-corrected chi connectivity index (χ1v) is 6.34. The van der Waals surface area contributed by atoms with Crippen LogP contribution in [0.5, 0.6) is 0 Å². The zero-order valence-corrected chi connectivity index (χ0v) is 11.6. The number of hydrogen-bond acceptors (Lipinski definition) is 3. The van der Waals surface area contributed by atoms with Crippen LogP contribution in [0.25, 0.3) is 0 Å². The highest BCUT2D eigenvalue weighted by Gasteiger charge is 2.15. The lowest BCUT2D eigenvalue weighted by Crippen LogP contribution is -2.33. The minimum absolute atomic E-state index is 0.275. The monoisotopic (exact) mass is 268 g/mol. The quantitative estimate of drug-likeness (QED) is 0.806. The summed E-state index contributed by atoms with van der Waals surface area (Å²) in [5, 5.41) is 5.61. The van der Waals surface area contributed by atoms with Gasteiger partial charge in [0, 0.05) is 13.1 Å². The van der Waals surface area contributed by atoms with Gasteiger partial charge in [0.2, 0.25) is 0 Å². The Kier molecular flexibility index (Phi) is 5.60. The Morgan fingerprint density at radius 2 is 1.95 bits per heavy atom. The molecule has 0 fully saturated rings. The van der Waals surface area contributed by atoms with E-state index < -0.39 is 11.7 Å². The third-order valence-corrected chi connectivity index (χ3v) is 2.21. The third kappa shape index (κ3) is 6.64. The van der Waals surface area contributed by atoms with E-state index in [2.05, 4.69) is 10.6 Å². The first kappa shape index (κ1) is 15.3. The summed E-state index contributed by atoms with van der Waals surface area (Å²) in [6, 6.07) is 6.49. The van der Waals surface area contributed by atoms with E-state index in [4.69, 9.17) is 4.74 Å². The van der Waals surface area contributed by atoms with E-state index in [9.17, 15) is 9.18 Å². The summed E-state index contributed by atoms with van der Waals surface area (Å²) in [7, 11) is 0. The fourth-order valence-corrected chi connectivity index (χ4v) is 1.42. The van der Waals surface area contributed by atoms with Crippen LogP contribution >= 0.6 is 0 Å². The van der Waals surface area contributed by atoms with Crippen molar-refractivity contribution in [2.24, 2.45) is 0 Å². The Hall–Kier alpha value is -1.78. The Morgan fingerprint density at radius 1 is 1.26 bits per heavy atom. The molecule has 106 valence electrons. The van der Waals surface area contributed by atoms with Gasteiger partial charge in [-0.1, -0.05) is 12.1 Å². The van der Waals surface area contributed by atoms with Gasteiger partial charge < -0.3 is 15.4 Å². The van der Waals surface area contributed by atoms with Crippen LogP contribution in [0.1, 0.15) is 27.2 Å². The number of hydrogen-bond donors (Lipinski definition) is 2. The van der Waals surface area contributed by atoms with Gasteiger partial charge in [0.15, 0.2) is 0 Å². The van der Waals surface area contributed by atoms with Crippen LogP contribution in [0.15, 0.2) is 24.3 Å². The van der Waals surface area contributed by atoms with Gasteiger partial charge in [-0.05, 0) is 39.3 Å². The molecule has 0 bridgehead atoms. The average molecular weight is 268 g/mol. The van der Waals surface area contributed by atoms with E-state index in [1.54, 1.807) is 18.2 Å². The average Bonchev–Trinajstić information content (AvgIpc) is 2.28. The molecule has 0 unspecified atom stereocenters. The first-order chi connectivity index (χ1) is 8.88. The van der Waals surface area contributed by atoms with Crippen molar-refractivity contribution in [2.75, 3.05) is 18.4 Å². The molecule has 1 aromatic rings. The molecule has 1 aromatic carbocycles. The fourth-order valence-electron chi connectivity index (χ4n) is 1.42. The number of anilines is 1. The van der Waals surface area contributed by atoms with Crippen LogP contribution in [0, 0.1) is 5.82 Å². The normalized spacial score (nSPS) is 10.9. The Morgan fingerprint density at radius 3 is 2.58 bits per heavy atom. The van der Waals surface area contributed by atoms with E-state index in [1.165, 1.54) is 6.07 Å². The molecule has 0 radical (unpaired) electrons. The van der Waals surface area contributed by atoms with Crippen LogP contribution < -0.4 is 10.6 Å². The molecule has 0 saturated heterocycles. The number of carbonyl (C=O) groups excluding carboxylic acids is 1. The summed E-state index contributed by atoms with van der Waals surface area (Å²) < 4.78 is 18.4. The molecule has 0 heterocycles. The van der Waals surface area contributed by atoms with Crippen LogP contribution in [-0.2, 0) is 4.74 Å². The number of para-hydroxylation sites is 1. The maximum atomic E-state index is 13.3. The fraction of sp³-hybridized carbons (Fsp3) is 0.500. The minimum Gasteiger partial charge on any atom is -0.444 e. The van der Waals surface area contributed by atoms with Gasteiger partial charge in [-0.15, -0.1) is 0 Å². The zero-order chi connectivity index (χ0) is 14.3. The predicted octanol–water partition coefficient (Wildman–Crippen LogP) is 3.15. The van der Waals surface area contributed by atoms with Crippen LogP contribution in [0.3, 0.4) is 0 Å². The topological polar surface area (TPSA) is 50.4 Å². The summed E-state index contributed by atoms with van der Waals surface area (Å²) in [5.74, 6) is -0.275. The summed E-state index contributed by atoms with van der Waals surface area (Å²) in [6.45, 7) is 6.50. The summed E-state index contributed by atoms with van der Waals surface area (Å²) in [6.07, 6.45) is 0.256. The lowest BCUT2D eigenvalue weighted by Gasteiger charge is -2.19. The largest absolute Gasteiger partial charge is 0.444 e. The van der Waals surface area contributed by atoms with E-state index in [0.717, 1.165) is 0 Å². The number of nitrogens with one attached hydrogen (secondary N) is 2. The molecular weight excluding hydrogens is 247 g/mol. The zero-order valence-electron chi connectivity index (χ0n) is 11.6. The lowest BCUT2D eigenvalue weighted by atomic mass is 10.2. The van der Waals surface area contributed by atoms with Crippen molar-refractivity contribution in [1.29, 1.82) is 0 Å². The van der Waals surface area contributed by atoms with Crippen molar-refractivity contribution < 1.29 is 13.9 Å². The first-order valence-electron chi connectivity index (χ1n) is 6.34. The van der Waals surface area contributed by atoms with E-state index in [1.807, 2.05) is 20.8 Å². The van der Waals surface area contributed by atoms with Gasteiger partial charge in [0.05, 0.1) is 5.69 Å². The molecule has 2 N–H and O–H groups in total. The van der Waals surface area contributed by atoms with E-state index in [0.29, 0.717) is 25.2 Å². The molecule has 0 saturated carbocycles. The Labute approximate surface area is 113 Å². The van der Waals surface area contributed by atoms with Gasteiger partial charge in [-0.3, -0.25) is 0 Å². The molecule has 0 aliphatic carbocycles. The van der Waals surface area contributed by atoms with Gasteiger partial charge >= 0.3 is 6.09 Å². The molecule has 0 atom stereocenters. The number of alkyl carbamates (subject to hydrolysis) is 1. The van der Waals surface area contributed by atoms with Crippen molar-refractivity contribution in [3.05, 3.63) is 30.1 Å². The molecule has 1 amide bonds.